The van der Waals surface area contributed by atoms with Crippen molar-refractivity contribution in [2.24, 2.45) is 10.9 Å². The predicted octanol–water partition coefficient (Wildman–Crippen LogP) is 3.18. The zero-order chi connectivity index (χ0) is 16.2. The van der Waals surface area contributed by atoms with Gasteiger partial charge in [-0.2, -0.15) is 0 Å². The highest BCUT2D eigenvalue weighted by Crippen LogP contribution is 2.11. The summed E-state index contributed by atoms with van der Waals surface area (Å²) < 4.78 is 11.2. The molecule has 0 aromatic heterocycles. The quantitative estimate of drug-likeness (QED) is 0.237. The molecule has 0 aromatic rings. The van der Waals surface area contributed by atoms with Crippen LogP contribution in [0, 0.1) is 5.92 Å². The molecule has 2 N–H and O–H groups in total. The van der Waals surface area contributed by atoms with Crippen LogP contribution < -0.4 is 10.6 Å². The Labute approximate surface area is 159 Å². The van der Waals surface area contributed by atoms with Gasteiger partial charge in [-0.1, -0.05) is 26.7 Å². The number of nitrogens with zero attached hydrogens (tertiary/aromatic N) is 1. The van der Waals surface area contributed by atoms with Gasteiger partial charge in [-0.3, -0.25) is 4.99 Å². The van der Waals surface area contributed by atoms with Crippen molar-refractivity contribution in [3.63, 3.8) is 0 Å². The second kappa shape index (κ2) is 14.3. The van der Waals surface area contributed by atoms with Crippen LogP contribution in [-0.4, -0.2) is 51.5 Å². The lowest BCUT2D eigenvalue weighted by atomic mass is 10.0. The monoisotopic (exact) mass is 441 g/mol. The molecule has 0 bridgehead atoms. The first-order chi connectivity index (χ1) is 10.6. The zero-order valence-corrected chi connectivity index (χ0v) is 17.6. The van der Waals surface area contributed by atoms with Gasteiger partial charge in [0.1, 0.15) is 0 Å². The molecule has 1 fully saturated rings. The van der Waals surface area contributed by atoms with Crippen LogP contribution in [0.25, 0.3) is 0 Å². The van der Waals surface area contributed by atoms with Crippen molar-refractivity contribution >= 4 is 29.9 Å². The summed E-state index contributed by atoms with van der Waals surface area (Å²) in [6.07, 6.45) is 6.32. The van der Waals surface area contributed by atoms with Gasteiger partial charge in [0.2, 0.25) is 0 Å². The molecular formula is C17H36IN3O2. The Morgan fingerprint density at radius 3 is 2.70 bits per heavy atom. The van der Waals surface area contributed by atoms with Crippen LogP contribution in [0.3, 0.4) is 0 Å². The van der Waals surface area contributed by atoms with E-state index in [1.54, 1.807) is 0 Å². The Morgan fingerprint density at radius 2 is 2.09 bits per heavy atom. The molecule has 1 aliphatic rings. The molecule has 0 amide bonds. The molecule has 2 atom stereocenters. The SMILES string of the molecule is CN=C(NCCOCC1CCCO1)NC(C)CCCC(C)C.I. The van der Waals surface area contributed by atoms with E-state index >= 15 is 0 Å². The Kier molecular flexibility index (Phi) is 14.2. The molecule has 1 rings (SSSR count). The number of aliphatic imine (C=N–C) groups is 1. The average molecular weight is 441 g/mol. The van der Waals surface area contributed by atoms with E-state index in [0.29, 0.717) is 25.4 Å². The highest BCUT2D eigenvalue weighted by Gasteiger charge is 2.15. The Hall–Kier alpha value is -0.0800. The summed E-state index contributed by atoms with van der Waals surface area (Å²) >= 11 is 0. The Morgan fingerprint density at radius 1 is 1.30 bits per heavy atom. The van der Waals surface area contributed by atoms with Gasteiger partial charge in [-0.25, -0.2) is 0 Å². The first-order valence-corrected chi connectivity index (χ1v) is 8.78. The molecular weight excluding hydrogens is 405 g/mol. The summed E-state index contributed by atoms with van der Waals surface area (Å²) in [6, 6.07) is 0.442. The maximum atomic E-state index is 5.64. The number of guanidine groups is 1. The lowest BCUT2D eigenvalue weighted by molar-refractivity contribution is 0.0191. The highest BCUT2D eigenvalue weighted by atomic mass is 127. The molecule has 0 spiro atoms. The fraction of sp³-hybridized carbons (Fsp3) is 0.941. The Bertz CT molecular complexity index is 308. The van der Waals surface area contributed by atoms with E-state index in [-0.39, 0.29) is 24.0 Å². The first-order valence-electron chi connectivity index (χ1n) is 8.78. The molecule has 1 aliphatic heterocycles. The summed E-state index contributed by atoms with van der Waals surface area (Å²) in [6.45, 7) is 9.80. The predicted molar refractivity (Wildman–Crippen MR) is 108 cm³/mol. The van der Waals surface area contributed by atoms with Gasteiger partial charge in [0.25, 0.3) is 0 Å². The first kappa shape index (κ1) is 22.9. The second-order valence-electron chi connectivity index (χ2n) is 6.58. The molecule has 138 valence electrons. The van der Waals surface area contributed by atoms with E-state index in [2.05, 4.69) is 36.4 Å². The van der Waals surface area contributed by atoms with Crippen molar-refractivity contribution in [1.29, 1.82) is 0 Å². The molecule has 23 heavy (non-hydrogen) atoms. The van der Waals surface area contributed by atoms with Gasteiger partial charge in [-0.05, 0) is 32.1 Å². The van der Waals surface area contributed by atoms with Crippen molar-refractivity contribution in [2.45, 2.75) is 65.0 Å². The largest absolute Gasteiger partial charge is 0.377 e. The standard InChI is InChI=1S/C17H35N3O2.HI/c1-14(2)7-5-8-15(3)20-17(18-4)19-10-12-21-13-16-9-6-11-22-16;/h14-16H,5-13H2,1-4H3,(H2,18,19,20);1H. The maximum Gasteiger partial charge on any atom is 0.191 e. The van der Waals surface area contributed by atoms with E-state index in [1.165, 1.54) is 19.3 Å². The zero-order valence-electron chi connectivity index (χ0n) is 15.3. The molecule has 0 aliphatic carbocycles. The number of rotatable bonds is 10. The van der Waals surface area contributed by atoms with Crippen molar-refractivity contribution in [2.75, 3.05) is 33.4 Å². The van der Waals surface area contributed by atoms with E-state index in [1.807, 2.05) is 7.05 Å². The number of ether oxygens (including phenoxy) is 2. The highest BCUT2D eigenvalue weighted by molar-refractivity contribution is 14.0. The molecule has 6 heteroatoms. The van der Waals surface area contributed by atoms with Gasteiger partial charge < -0.3 is 20.1 Å². The fourth-order valence-corrected chi connectivity index (χ4v) is 2.56. The minimum Gasteiger partial charge on any atom is -0.377 e. The minimum absolute atomic E-state index is 0. The summed E-state index contributed by atoms with van der Waals surface area (Å²) in [4.78, 5) is 4.26. The molecule has 0 aromatic carbocycles. The molecule has 0 saturated carbocycles. The van der Waals surface area contributed by atoms with Crippen LogP contribution in [0.2, 0.25) is 0 Å². The summed E-state index contributed by atoms with van der Waals surface area (Å²) in [5, 5.41) is 6.73. The van der Waals surface area contributed by atoms with Crippen molar-refractivity contribution in [3.8, 4) is 0 Å². The molecule has 5 nitrogen and oxygen atoms in total. The van der Waals surface area contributed by atoms with Gasteiger partial charge in [0.15, 0.2) is 5.96 Å². The fourth-order valence-electron chi connectivity index (χ4n) is 2.56. The van der Waals surface area contributed by atoms with E-state index < -0.39 is 0 Å². The topological polar surface area (TPSA) is 54.9 Å². The van der Waals surface area contributed by atoms with Crippen LogP contribution in [0.15, 0.2) is 4.99 Å². The second-order valence-corrected chi connectivity index (χ2v) is 6.58. The van der Waals surface area contributed by atoms with Crippen LogP contribution in [-0.2, 0) is 9.47 Å². The molecule has 0 radical (unpaired) electrons. The van der Waals surface area contributed by atoms with Gasteiger partial charge in [0.05, 0.1) is 19.3 Å². The number of halogens is 1. The van der Waals surface area contributed by atoms with Crippen LogP contribution in [0.1, 0.15) is 52.9 Å². The third-order valence-electron chi connectivity index (χ3n) is 3.89. The van der Waals surface area contributed by atoms with E-state index in [9.17, 15) is 0 Å². The normalized spacial score (nSPS) is 19.5. The maximum absolute atomic E-state index is 5.64. The van der Waals surface area contributed by atoms with Gasteiger partial charge in [0, 0.05) is 26.2 Å². The average Bonchev–Trinajstić information content (AvgIpc) is 2.98. The summed E-state index contributed by atoms with van der Waals surface area (Å²) in [5.41, 5.74) is 0. The van der Waals surface area contributed by atoms with E-state index in [4.69, 9.17) is 9.47 Å². The van der Waals surface area contributed by atoms with Crippen LogP contribution >= 0.6 is 24.0 Å². The third kappa shape index (κ3) is 12.0. The number of hydrogen-bond acceptors (Lipinski definition) is 3. The third-order valence-corrected chi connectivity index (χ3v) is 3.89. The number of hydrogen-bond donors (Lipinski definition) is 2. The van der Waals surface area contributed by atoms with Crippen molar-refractivity contribution in [1.82, 2.24) is 10.6 Å². The van der Waals surface area contributed by atoms with Crippen LogP contribution in [0.5, 0.6) is 0 Å². The summed E-state index contributed by atoms with van der Waals surface area (Å²) in [5.74, 6) is 1.64. The van der Waals surface area contributed by atoms with Gasteiger partial charge in [-0.15, -0.1) is 24.0 Å². The van der Waals surface area contributed by atoms with Crippen molar-refractivity contribution in [3.05, 3.63) is 0 Å². The van der Waals surface area contributed by atoms with E-state index in [0.717, 1.165) is 37.9 Å². The smallest absolute Gasteiger partial charge is 0.191 e. The van der Waals surface area contributed by atoms with Gasteiger partial charge >= 0.3 is 0 Å². The van der Waals surface area contributed by atoms with Crippen molar-refractivity contribution < 1.29 is 9.47 Å². The molecule has 1 heterocycles. The lowest BCUT2D eigenvalue weighted by Gasteiger charge is -2.18. The Balaban J connectivity index is 0.00000484. The molecule has 1 saturated heterocycles. The lowest BCUT2D eigenvalue weighted by Crippen LogP contribution is -2.43. The van der Waals surface area contributed by atoms with Crippen LogP contribution in [0.4, 0.5) is 0 Å². The number of nitrogens with one attached hydrogen (secondary N) is 2. The molecule has 2 unspecified atom stereocenters. The minimum atomic E-state index is 0. The summed E-state index contributed by atoms with van der Waals surface area (Å²) in [7, 11) is 1.81.